The van der Waals surface area contributed by atoms with Crippen LogP contribution in [0.1, 0.15) is 6.92 Å². The normalized spacial score (nSPS) is 9.46. The first-order valence-corrected chi connectivity index (χ1v) is 4.27. The fraction of sp³-hybridized carbons (Fsp3) is 0.400. The summed E-state index contributed by atoms with van der Waals surface area (Å²) in [4.78, 5) is 0. The minimum atomic E-state index is 0.801. The van der Waals surface area contributed by atoms with Crippen molar-refractivity contribution in [1.82, 2.24) is 0 Å². The number of ether oxygens (including phenoxy) is 2. The number of hydrogen-bond acceptors (Lipinski definition) is 3. The smallest absolute Gasteiger partial charge is 0.124 e. The van der Waals surface area contributed by atoms with Crippen molar-refractivity contribution in [1.29, 1.82) is 0 Å². The topological polar surface area (TPSA) is 30.5 Å². The molecule has 0 aliphatic heterocycles. The minimum Gasteiger partial charge on any atom is -0.497 e. The fourth-order valence-electron chi connectivity index (χ4n) is 1.11. The summed E-state index contributed by atoms with van der Waals surface area (Å²) < 4.78 is 10.2. The molecule has 0 heterocycles. The van der Waals surface area contributed by atoms with E-state index in [-0.39, 0.29) is 0 Å². The van der Waals surface area contributed by atoms with Gasteiger partial charge in [0, 0.05) is 30.4 Å². The maximum atomic E-state index is 5.12. The van der Waals surface area contributed by atoms with Crippen molar-refractivity contribution < 1.29 is 9.47 Å². The third-order valence-corrected chi connectivity index (χ3v) is 1.73. The van der Waals surface area contributed by atoms with E-state index in [1.165, 1.54) is 0 Å². The second-order valence-electron chi connectivity index (χ2n) is 2.63. The van der Waals surface area contributed by atoms with Crippen molar-refractivity contribution in [3.05, 3.63) is 18.2 Å². The van der Waals surface area contributed by atoms with Crippen LogP contribution in [-0.2, 0) is 0 Å². The third-order valence-electron chi connectivity index (χ3n) is 1.73. The second kappa shape index (κ2) is 4.60. The Balaban J connectivity index is 2.93. The Morgan fingerprint density at radius 2 is 1.62 bits per heavy atom. The average Bonchev–Trinajstić information content (AvgIpc) is 2.17. The monoisotopic (exact) mass is 181 g/mol. The van der Waals surface area contributed by atoms with Crippen LogP contribution in [0, 0.1) is 0 Å². The number of anilines is 1. The summed E-state index contributed by atoms with van der Waals surface area (Å²) in [5, 5.41) is 3.20. The van der Waals surface area contributed by atoms with E-state index < -0.39 is 0 Å². The zero-order chi connectivity index (χ0) is 9.68. The maximum Gasteiger partial charge on any atom is 0.124 e. The van der Waals surface area contributed by atoms with Crippen molar-refractivity contribution in [3.8, 4) is 11.5 Å². The number of benzene rings is 1. The molecule has 0 atom stereocenters. The number of hydrogen-bond donors (Lipinski definition) is 1. The average molecular weight is 181 g/mol. The zero-order valence-electron chi connectivity index (χ0n) is 8.26. The summed E-state index contributed by atoms with van der Waals surface area (Å²) >= 11 is 0. The molecule has 1 rings (SSSR count). The molecule has 1 N–H and O–H groups in total. The van der Waals surface area contributed by atoms with Crippen LogP contribution < -0.4 is 14.8 Å². The molecule has 13 heavy (non-hydrogen) atoms. The predicted molar refractivity (Wildman–Crippen MR) is 53.7 cm³/mol. The van der Waals surface area contributed by atoms with Gasteiger partial charge in [-0.25, -0.2) is 0 Å². The van der Waals surface area contributed by atoms with Crippen molar-refractivity contribution in [3.63, 3.8) is 0 Å². The first-order valence-electron chi connectivity index (χ1n) is 4.27. The molecule has 0 fully saturated rings. The molecule has 3 heteroatoms. The molecule has 3 nitrogen and oxygen atoms in total. The van der Waals surface area contributed by atoms with Gasteiger partial charge in [-0.2, -0.15) is 0 Å². The van der Waals surface area contributed by atoms with Gasteiger partial charge in [0.25, 0.3) is 0 Å². The summed E-state index contributed by atoms with van der Waals surface area (Å²) in [6.07, 6.45) is 0. The summed E-state index contributed by atoms with van der Waals surface area (Å²) in [6.45, 7) is 2.93. The minimum absolute atomic E-state index is 0.801. The Labute approximate surface area is 78.7 Å². The van der Waals surface area contributed by atoms with E-state index in [0.29, 0.717) is 0 Å². The molecule has 1 aromatic carbocycles. The van der Waals surface area contributed by atoms with Gasteiger partial charge in [0.1, 0.15) is 11.5 Å². The van der Waals surface area contributed by atoms with Gasteiger partial charge in [-0.1, -0.05) is 0 Å². The molecule has 0 amide bonds. The van der Waals surface area contributed by atoms with E-state index in [9.17, 15) is 0 Å². The van der Waals surface area contributed by atoms with Crippen LogP contribution in [0.4, 0.5) is 5.69 Å². The summed E-state index contributed by atoms with van der Waals surface area (Å²) in [5.41, 5.74) is 1.01. The lowest BCUT2D eigenvalue weighted by Gasteiger charge is -2.08. The van der Waals surface area contributed by atoms with Crippen LogP contribution >= 0.6 is 0 Å². The van der Waals surface area contributed by atoms with Crippen LogP contribution in [0.15, 0.2) is 18.2 Å². The van der Waals surface area contributed by atoms with Gasteiger partial charge in [-0.05, 0) is 6.92 Å². The van der Waals surface area contributed by atoms with E-state index in [1.807, 2.05) is 25.1 Å². The van der Waals surface area contributed by atoms with E-state index >= 15 is 0 Å². The Hall–Kier alpha value is -1.38. The molecular formula is C10H15NO2. The molecule has 0 unspecified atom stereocenters. The number of nitrogens with one attached hydrogen (secondary N) is 1. The molecule has 0 aromatic heterocycles. The zero-order valence-corrected chi connectivity index (χ0v) is 8.26. The van der Waals surface area contributed by atoms with Crippen LogP contribution in [0.2, 0.25) is 0 Å². The SMILES string of the molecule is CCNc1cc(OC)cc(OC)c1. The first kappa shape index (κ1) is 9.71. The van der Waals surface area contributed by atoms with Gasteiger partial charge in [-0.15, -0.1) is 0 Å². The van der Waals surface area contributed by atoms with Crippen molar-refractivity contribution in [2.45, 2.75) is 6.92 Å². The van der Waals surface area contributed by atoms with Crippen LogP contribution in [0.3, 0.4) is 0 Å². The van der Waals surface area contributed by atoms with E-state index in [0.717, 1.165) is 23.7 Å². The van der Waals surface area contributed by atoms with E-state index in [4.69, 9.17) is 9.47 Å². The molecule has 1 aromatic rings. The van der Waals surface area contributed by atoms with Gasteiger partial charge in [0.05, 0.1) is 14.2 Å². The highest BCUT2D eigenvalue weighted by molar-refractivity contribution is 5.53. The fourth-order valence-corrected chi connectivity index (χ4v) is 1.11. The molecule has 0 bridgehead atoms. The van der Waals surface area contributed by atoms with Crippen molar-refractivity contribution in [2.75, 3.05) is 26.1 Å². The maximum absolute atomic E-state index is 5.12. The lowest BCUT2D eigenvalue weighted by atomic mass is 10.3. The first-order chi connectivity index (χ1) is 6.30. The summed E-state index contributed by atoms with van der Waals surface area (Å²) in [5.74, 6) is 1.60. The Morgan fingerprint density at radius 3 is 2.00 bits per heavy atom. The largest absolute Gasteiger partial charge is 0.497 e. The summed E-state index contributed by atoms with van der Waals surface area (Å²) in [7, 11) is 3.29. The molecule has 72 valence electrons. The van der Waals surface area contributed by atoms with Crippen LogP contribution in [0.25, 0.3) is 0 Å². The van der Waals surface area contributed by atoms with Gasteiger partial charge < -0.3 is 14.8 Å². The standard InChI is InChI=1S/C10H15NO2/c1-4-11-8-5-9(12-2)7-10(6-8)13-3/h5-7,11H,4H2,1-3H3. The highest BCUT2D eigenvalue weighted by Crippen LogP contribution is 2.25. The lowest BCUT2D eigenvalue weighted by molar-refractivity contribution is 0.394. The molecule has 0 spiro atoms. The summed E-state index contributed by atoms with van der Waals surface area (Å²) in [6, 6.07) is 5.72. The number of methoxy groups -OCH3 is 2. The molecule has 0 aliphatic carbocycles. The van der Waals surface area contributed by atoms with Crippen LogP contribution in [-0.4, -0.2) is 20.8 Å². The Bertz CT molecular complexity index is 251. The van der Waals surface area contributed by atoms with Gasteiger partial charge in [0.2, 0.25) is 0 Å². The third kappa shape index (κ3) is 2.54. The molecule has 0 saturated heterocycles. The quantitative estimate of drug-likeness (QED) is 0.771. The molecule has 0 saturated carbocycles. The highest BCUT2D eigenvalue weighted by Gasteiger charge is 1.99. The van der Waals surface area contributed by atoms with Gasteiger partial charge >= 0.3 is 0 Å². The number of rotatable bonds is 4. The predicted octanol–water partition coefficient (Wildman–Crippen LogP) is 2.14. The lowest BCUT2D eigenvalue weighted by Crippen LogP contribution is -1.97. The van der Waals surface area contributed by atoms with Crippen LogP contribution in [0.5, 0.6) is 11.5 Å². The van der Waals surface area contributed by atoms with Crippen molar-refractivity contribution >= 4 is 5.69 Å². The molecule has 0 radical (unpaired) electrons. The second-order valence-corrected chi connectivity index (χ2v) is 2.63. The van der Waals surface area contributed by atoms with Gasteiger partial charge in [-0.3, -0.25) is 0 Å². The Kier molecular flexibility index (Phi) is 3.43. The molecular weight excluding hydrogens is 166 g/mol. The molecule has 0 aliphatic rings. The van der Waals surface area contributed by atoms with Gasteiger partial charge in [0.15, 0.2) is 0 Å². The Morgan fingerprint density at radius 1 is 1.08 bits per heavy atom. The highest BCUT2D eigenvalue weighted by atomic mass is 16.5. The van der Waals surface area contributed by atoms with E-state index in [1.54, 1.807) is 14.2 Å². The van der Waals surface area contributed by atoms with E-state index in [2.05, 4.69) is 5.32 Å². The van der Waals surface area contributed by atoms with Crippen molar-refractivity contribution in [2.24, 2.45) is 0 Å².